The minimum Gasteiger partial charge on any atom is -0.454 e. The average molecular weight is 417 g/mol. The van der Waals surface area contributed by atoms with Crippen LogP contribution in [0.3, 0.4) is 0 Å². The van der Waals surface area contributed by atoms with Crippen LogP contribution in [0.25, 0.3) is 10.9 Å². The molecule has 4 heterocycles. The number of carbonyl (C=O) groups excluding carboxylic acids is 1. The van der Waals surface area contributed by atoms with Crippen LogP contribution < -0.4 is 9.47 Å². The summed E-state index contributed by atoms with van der Waals surface area (Å²) in [5, 5.41) is 1.17. The van der Waals surface area contributed by atoms with Crippen molar-refractivity contribution in [1.82, 2.24) is 9.88 Å². The summed E-state index contributed by atoms with van der Waals surface area (Å²) in [6.07, 6.45) is 3.03. The summed E-state index contributed by atoms with van der Waals surface area (Å²) in [5.74, 6) is 1.38. The van der Waals surface area contributed by atoms with E-state index in [1.165, 1.54) is 10.9 Å². The second-order valence-corrected chi connectivity index (χ2v) is 8.44. The Bertz CT molecular complexity index is 1230. The molecule has 0 amide bonds. The first kappa shape index (κ1) is 17.7. The molecular weight excluding hydrogens is 396 g/mol. The predicted octanol–water partition coefficient (Wildman–Crippen LogP) is 4.32. The molecule has 0 saturated carbocycles. The van der Waals surface area contributed by atoms with Crippen molar-refractivity contribution in [2.24, 2.45) is 5.92 Å². The summed E-state index contributed by atoms with van der Waals surface area (Å²) >= 11 is 5.85. The summed E-state index contributed by atoms with van der Waals surface area (Å²) in [6, 6.07) is 13.8. The number of allylic oxidation sites excluding steroid dienone is 1. The van der Waals surface area contributed by atoms with Gasteiger partial charge in [0.15, 0.2) is 17.3 Å². The van der Waals surface area contributed by atoms with E-state index in [-0.39, 0.29) is 30.6 Å². The largest absolute Gasteiger partial charge is 0.454 e. The number of nitrogens with zero attached hydrogens (tertiary/aromatic N) is 1. The molecule has 0 radical (unpaired) electrons. The van der Waals surface area contributed by atoms with Crippen LogP contribution in [0.2, 0.25) is 0 Å². The van der Waals surface area contributed by atoms with Crippen LogP contribution in [-0.2, 0) is 11.2 Å². The topological polar surface area (TPSA) is 54.6 Å². The number of Topliss-reactive ketones (excluding diaryl/α,β-unsaturated/α-hetero) is 1. The Morgan fingerprint density at radius 2 is 2.03 bits per heavy atom. The second kappa shape index (κ2) is 6.44. The molecule has 5 nitrogen and oxygen atoms in total. The Balaban J connectivity index is 1.57. The fraction of sp³-hybridized carbons (Fsp3) is 0.250. The maximum atomic E-state index is 13.3. The van der Waals surface area contributed by atoms with Crippen LogP contribution in [0, 0.1) is 5.92 Å². The lowest BCUT2D eigenvalue weighted by molar-refractivity contribution is -0.122. The molecule has 150 valence electrons. The molecule has 0 bridgehead atoms. The fourth-order valence-electron chi connectivity index (χ4n) is 5.13. The molecule has 6 rings (SSSR count). The van der Waals surface area contributed by atoms with Gasteiger partial charge in [-0.3, -0.25) is 4.79 Å². The normalized spacial score (nSPS) is 24.3. The molecule has 3 aliphatic heterocycles. The third-order valence-electron chi connectivity index (χ3n) is 6.47. The number of thiocarbonyl (C=S) groups is 1. The number of fused-ring (bicyclic) bond motifs is 5. The molecule has 0 aliphatic carbocycles. The first-order chi connectivity index (χ1) is 14.7. The lowest BCUT2D eigenvalue weighted by Gasteiger charge is -2.38. The number of aromatic amines is 1. The van der Waals surface area contributed by atoms with Crippen LogP contribution in [0.4, 0.5) is 0 Å². The van der Waals surface area contributed by atoms with Crippen LogP contribution in [0.1, 0.15) is 29.3 Å². The number of benzene rings is 2. The van der Waals surface area contributed by atoms with Gasteiger partial charge in [-0.15, -0.1) is 6.58 Å². The minimum absolute atomic E-state index is 0.174. The summed E-state index contributed by atoms with van der Waals surface area (Å²) in [6.45, 7) is 4.06. The second-order valence-electron chi connectivity index (χ2n) is 8.02. The number of carbonyl (C=O) groups is 1. The number of hydrogen-bond donors (Lipinski definition) is 1. The predicted molar refractivity (Wildman–Crippen MR) is 118 cm³/mol. The number of ether oxygens (including phenoxy) is 2. The molecule has 3 aromatic rings. The zero-order valence-electron chi connectivity index (χ0n) is 16.3. The van der Waals surface area contributed by atoms with E-state index in [2.05, 4.69) is 28.6 Å². The summed E-state index contributed by atoms with van der Waals surface area (Å²) in [4.78, 5) is 19.8. The highest BCUT2D eigenvalue weighted by atomic mass is 32.1. The van der Waals surface area contributed by atoms with Gasteiger partial charge >= 0.3 is 0 Å². The van der Waals surface area contributed by atoms with Crippen molar-refractivity contribution in [3.05, 3.63) is 71.9 Å². The third kappa shape index (κ3) is 2.34. The van der Waals surface area contributed by atoms with Gasteiger partial charge < -0.3 is 19.4 Å². The molecule has 2 aromatic carbocycles. The van der Waals surface area contributed by atoms with Gasteiger partial charge in [0.1, 0.15) is 0 Å². The number of nitrogens with one attached hydrogen (secondary N) is 1. The van der Waals surface area contributed by atoms with Crippen molar-refractivity contribution in [3.63, 3.8) is 0 Å². The summed E-state index contributed by atoms with van der Waals surface area (Å²) in [7, 11) is 0. The quantitative estimate of drug-likeness (QED) is 0.509. The molecule has 3 aliphatic rings. The van der Waals surface area contributed by atoms with Gasteiger partial charge in [-0.05, 0) is 35.7 Å². The van der Waals surface area contributed by atoms with Crippen LogP contribution >= 0.6 is 12.2 Å². The Morgan fingerprint density at radius 3 is 2.90 bits per heavy atom. The minimum atomic E-state index is -0.283. The summed E-state index contributed by atoms with van der Waals surface area (Å²) in [5.41, 5.74) is 4.41. The Kier molecular flexibility index (Phi) is 3.80. The van der Waals surface area contributed by atoms with E-state index in [0.29, 0.717) is 17.8 Å². The number of rotatable bonds is 3. The smallest absolute Gasteiger partial charge is 0.231 e. The molecular formula is C24H20N2O3S. The van der Waals surface area contributed by atoms with Gasteiger partial charge in [0.25, 0.3) is 0 Å². The van der Waals surface area contributed by atoms with E-state index in [1.807, 2.05) is 30.3 Å². The van der Waals surface area contributed by atoms with Crippen molar-refractivity contribution in [1.29, 1.82) is 0 Å². The van der Waals surface area contributed by atoms with Crippen molar-refractivity contribution >= 4 is 33.9 Å². The molecule has 1 saturated heterocycles. The number of H-pyrrole nitrogens is 1. The van der Waals surface area contributed by atoms with E-state index >= 15 is 0 Å². The molecule has 3 unspecified atom stereocenters. The van der Waals surface area contributed by atoms with Crippen LogP contribution in [-0.4, -0.2) is 33.5 Å². The average Bonchev–Trinajstić information content (AvgIpc) is 3.44. The van der Waals surface area contributed by atoms with Gasteiger partial charge in [-0.1, -0.05) is 42.6 Å². The highest BCUT2D eigenvalue weighted by Gasteiger charge is 2.51. The SMILES string of the molecule is C=CCC1C(=O)C2Cc3c([nH]c4ccccc34)C(c3ccc4c(c3)OCO4)N2C1=S. The van der Waals surface area contributed by atoms with Crippen molar-refractivity contribution in [3.8, 4) is 11.5 Å². The highest BCUT2D eigenvalue weighted by Crippen LogP contribution is 2.47. The number of hydrogen-bond acceptors (Lipinski definition) is 4. The van der Waals surface area contributed by atoms with Crippen LogP contribution in [0.5, 0.6) is 11.5 Å². The molecule has 3 atom stereocenters. The Hall–Kier alpha value is -3.12. The maximum Gasteiger partial charge on any atom is 0.231 e. The van der Waals surface area contributed by atoms with E-state index in [0.717, 1.165) is 28.3 Å². The Morgan fingerprint density at radius 1 is 1.20 bits per heavy atom. The molecule has 1 aromatic heterocycles. The van der Waals surface area contributed by atoms with Gasteiger partial charge in [0.05, 0.1) is 23.0 Å². The zero-order chi connectivity index (χ0) is 20.4. The fourth-order valence-corrected chi connectivity index (χ4v) is 5.58. The third-order valence-corrected chi connectivity index (χ3v) is 6.97. The number of ketones is 1. The first-order valence-corrected chi connectivity index (χ1v) is 10.5. The molecule has 30 heavy (non-hydrogen) atoms. The molecule has 1 N–H and O–H groups in total. The van der Waals surface area contributed by atoms with Crippen molar-refractivity contribution in [2.45, 2.75) is 24.9 Å². The molecule has 1 fully saturated rings. The van der Waals surface area contributed by atoms with Crippen molar-refractivity contribution in [2.75, 3.05) is 6.79 Å². The van der Waals surface area contributed by atoms with Crippen molar-refractivity contribution < 1.29 is 14.3 Å². The van der Waals surface area contributed by atoms with E-state index < -0.39 is 0 Å². The monoisotopic (exact) mass is 416 g/mol. The molecule has 0 spiro atoms. The maximum absolute atomic E-state index is 13.3. The van der Waals surface area contributed by atoms with E-state index in [9.17, 15) is 4.79 Å². The Labute approximate surface area is 179 Å². The van der Waals surface area contributed by atoms with E-state index in [4.69, 9.17) is 21.7 Å². The summed E-state index contributed by atoms with van der Waals surface area (Å²) < 4.78 is 11.1. The highest BCUT2D eigenvalue weighted by molar-refractivity contribution is 7.80. The van der Waals surface area contributed by atoms with Gasteiger partial charge in [0.2, 0.25) is 6.79 Å². The molecule has 6 heteroatoms. The van der Waals surface area contributed by atoms with Crippen LogP contribution in [0.15, 0.2) is 55.1 Å². The number of aromatic nitrogens is 1. The van der Waals surface area contributed by atoms with Gasteiger partial charge in [-0.25, -0.2) is 0 Å². The first-order valence-electron chi connectivity index (χ1n) is 10.1. The number of para-hydroxylation sites is 1. The van der Waals surface area contributed by atoms with Gasteiger partial charge in [0, 0.05) is 23.0 Å². The standard InChI is InChI=1S/C24H20N2O3S/c1-2-5-15-23(27)18-11-16-14-6-3-4-7-17(14)25-21(16)22(26(18)24(15)30)13-8-9-19-20(10-13)29-12-28-19/h2-4,6-10,15,18,22,25H,1,5,11-12H2. The zero-order valence-corrected chi connectivity index (χ0v) is 17.1. The lowest BCUT2D eigenvalue weighted by Crippen LogP contribution is -2.43. The lowest BCUT2D eigenvalue weighted by atomic mass is 9.88. The van der Waals surface area contributed by atoms with E-state index in [1.54, 1.807) is 6.08 Å². The van der Waals surface area contributed by atoms with Gasteiger partial charge in [-0.2, -0.15) is 0 Å².